The lowest BCUT2D eigenvalue weighted by Gasteiger charge is -2.31. The lowest BCUT2D eigenvalue weighted by atomic mass is 10.0. The van der Waals surface area contributed by atoms with Gasteiger partial charge in [-0.3, -0.25) is 9.35 Å². The highest BCUT2D eigenvalue weighted by molar-refractivity contribution is 7.85. The zero-order valence-corrected chi connectivity index (χ0v) is 25.8. The maximum atomic E-state index is 13.3. The molecule has 16 heteroatoms. The first kappa shape index (κ1) is 32.8. The van der Waals surface area contributed by atoms with E-state index < -0.39 is 16.2 Å². The maximum absolute atomic E-state index is 13.3. The number of thiazole rings is 1. The molecular weight excluding hydrogens is 610 g/mol. The van der Waals surface area contributed by atoms with Gasteiger partial charge in [-0.1, -0.05) is 17.7 Å². The molecule has 1 atom stereocenters. The van der Waals surface area contributed by atoms with Crippen LogP contribution in [0, 0.1) is 12.8 Å². The van der Waals surface area contributed by atoms with Crippen molar-refractivity contribution in [3.8, 4) is 11.4 Å². The first-order valence-corrected chi connectivity index (χ1v) is 16.2. The van der Waals surface area contributed by atoms with Gasteiger partial charge in [-0.15, -0.1) is 11.3 Å². The highest BCUT2D eigenvalue weighted by Crippen LogP contribution is 2.34. The van der Waals surface area contributed by atoms with E-state index in [2.05, 4.69) is 27.6 Å². The first-order valence-electron chi connectivity index (χ1n) is 13.9. The van der Waals surface area contributed by atoms with E-state index in [1.165, 1.54) is 25.0 Å². The summed E-state index contributed by atoms with van der Waals surface area (Å²) in [6.07, 6.45) is 6.15. The Balaban J connectivity index is 0.000000313. The molecule has 1 aliphatic heterocycles. The van der Waals surface area contributed by atoms with Crippen molar-refractivity contribution in [2.75, 3.05) is 18.4 Å². The molecule has 0 radical (unpaired) electrons. The number of hydrogen-bond acceptors (Lipinski definition) is 9. The monoisotopic (exact) mass is 645 g/mol. The topological polar surface area (TPSA) is 211 Å². The molecular formula is C28H35N7O7S2. The molecule has 4 aromatic rings. The van der Waals surface area contributed by atoms with Crippen molar-refractivity contribution in [3.63, 3.8) is 0 Å². The van der Waals surface area contributed by atoms with E-state index in [4.69, 9.17) is 14.6 Å². The molecule has 0 spiro atoms. The molecule has 0 unspecified atom stereocenters. The zero-order valence-electron chi connectivity index (χ0n) is 24.2. The molecule has 1 aliphatic carbocycles. The minimum absolute atomic E-state index is 0. The molecule has 2 fully saturated rings. The van der Waals surface area contributed by atoms with E-state index in [0.717, 1.165) is 16.0 Å². The second-order valence-corrected chi connectivity index (χ2v) is 13.1. The van der Waals surface area contributed by atoms with Crippen LogP contribution in [0.1, 0.15) is 48.7 Å². The fourth-order valence-electron chi connectivity index (χ4n) is 4.85. The minimum Gasteiger partial charge on any atom is -0.465 e. The number of carbonyl (C=O) groups is 2. The molecule has 1 saturated carbocycles. The van der Waals surface area contributed by atoms with Gasteiger partial charge in [0, 0.05) is 42.8 Å². The summed E-state index contributed by atoms with van der Waals surface area (Å²) in [4.78, 5) is 36.1. The number of nitrogens with zero attached hydrogens (tertiary/aromatic N) is 5. The molecule has 2 aliphatic rings. The molecule has 4 heterocycles. The summed E-state index contributed by atoms with van der Waals surface area (Å²) in [7, 11) is -4.02. The molecule has 1 saturated heterocycles. The number of aryl methyl sites for hydroxylation is 1. The van der Waals surface area contributed by atoms with Gasteiger partial charge in [0.05, 0.1) is 16.7 Å². The molecule has 6 rings (SSSR count). The average molecular weight is 646 g/mol. The predicted molar refractivity (Wildman–Crippen MR) is 165 cm³/mol. The number of aromatic nitrogens is 4. The van der Waals surface area contributed by atoms with Crippen LogP contribution in [0.25, 0.3) is 16.2 Å². The average Bonchev–Trinajstić information content (AvgIpc) is 3.58. The molecule has 2 amide bonds. The minimum atomic E-state index is -4.02. The number of carbonyl (C=O) groups excluding carboxylic acids is 1. The van der Waals surface area contributed by atoms with E-state index in [-0.39, 0.29) is 28.4 Å². The molecule has 3 aromatic heterocycles. The number of amides is 2. The van der Waals surface area contributed by atoms with Crippen LogP contribution < -0.4 is 10.6 Å². The van der Waals surface area contributed by atoms with Crippen LogP contribution in [0.3, 0.4) is 0 Å². The second-order valence-electron chi connectivity index (χ2n) is 10.7. The van der Waals surface area contributed by atoms with E-state index in [1.807, 2.05) is 18.5 Å². The predicted octanol–water partition coefficient (Wildman–Crippen LogP) is 3.35. The highest BCUT2D eigenvalue weighted by atomic mass is 32.2. The number of likely N-dealkylation sites (tertiary alicyclic amines) is 1. The zero-order chi connectivity index (χ0) is 30.7. The summed E-state index contributed by atoms with van der Waals surface area (Å²) in [5.74, 6) is 1.57. The summed E-state index contributed by atoms with van der Waals surface area (Å²) in [6.45, 7) is 4.94. The number of fused-ring (bicyclic) bond motifs is 1. The first-order chi connectivity index (χ1) is 20.5. The Labute approximate surface area is 258 Å². The molecule has 236 valence electrons. The molecule has 1 aromatic carbocycles. The van der Waals surface area contributed by atoms with E-state index in [9.17, 15) is 18.0 Å². The van der Waals surface area contributed by atoms with Crippen molar-refractivity contribution in [2.24, 2.45) is 5.92 Å². The van der Waals surface area contributed by atoms with Crippen molar-refractivity contribution < 1.29 is 33.1 Å². The fraction of sp³-hybridized carbons (Fsp3) is 0.393. The second kappa shape index (κ2) is 13.7. The smallest absolute Gasteiger partial charge is 0.404 e. The Bertz CT molecular complexity index is 1710. The number of hydrogen-bond donors (Lipinski definition) is 4. The van der Waals surface area contributed by atoms with E-state index >= 15 is 0 Å². The third-order valence-corrected chi connectivity index (χ3v) is 9.21. The summed E-state index contributed by atoms with van der Waals surface area (Å²) in [5.41, 5.74) is 2.08. The number of benzene rings is 1. The van der Waals surface area contributed by atoms with Crippen molar-refractivity contribution in [1.29, 1.82) is 0 Å². The van der Waals surface area contributed by atoms with Gasteiger partial charge in [0.25, 0.3) is 16.0 Å². The molecule has 6 N–H and O–H groups in total. The van der Waals surface area contributed by atoms with Gasteiger partial charge in [-0.2, -0.15) is 13.5 Å². The largest absolute Gasteiger partial charge is 0.465 e. The SMILES string of the molecule is C[C@H](Nc1cc(C(=O)N2CCC(NC(=O)O)CC2)nc(-c2cnn3ccsc23)n1)C1CC1.Cc1ccc(S(=O)(=O)O)cc1.O. The summed E-state index contributed by atoms with van der Waals surface area (Å²) >= 11 is 1.55. The lowest BCUT2D eigenvalue weighted by Crippen LogP contribution is -2.46. The van der Waals surface area contributed by atoms with Crippen LogP contribution in [0.2, 0.25) is 0 Å². The molecule has 0 bridgehead atoms. The van der Waals surface area contributed by atoms with Crippen molar-refractivity contribution in [2.45, 2.75) is 56.5 Å². The number of carboxylic acid groups (broad SMARTS) is 1. The van der Waals surface area contributed by atoms with Crippen molar-refractivity contribution >= 4 is 44.1 Å². The van der Waals surface area contributed by atoms with Gasteiger partial charge < -0.3 is 26.1 Å². The Morgan fingerprint density at radius 1 is 1.09 bits per heavy atom. The van der Waals surface area contributed by atoms with Crippen LogP contribution in [-0.4, -0.2) is 85.2 Å². The number of anilines is 1. The quantitative estimate of drug-likeness (QED) is 0.215. The van der Waals surface area contributed by atoms with Crippen LogP contribution in [-0.2, 0) is 10.1 Å². The van der Waals surface area contributed by atoms with E-state index in [0.29, 0.717) is 49.2 Å². The normalized spacial score (nSPS) is 15.9. The summed E-state index contributed by atoms with van der Waals surface area (Å²) in [5, 5.41) is 21.2. The Morgan fingerprint density at radius 3 is 2.39 bits per heavy atom. The van der Waals surface area contributed by atoms with Gasteiger partial charge in [-0.25, -0.2) is 19.3 Å². The standard InChI is InChI=1S/C21H25N7O3S.C7H8O3S.H2O/c1-12(13-2-3-13)23-17-10-16(19(29)27-6-4-14(5-7-27)24-21(30)31)25-18(26-17)15-11-22-28-8-9-32-20(15)28;1-6-2-4-7(5-3-6)11(8,9)10;/h8-14,24H,2-7H2,1H3,(H,30,31)(H,23,25,26);2-5H,1H3,(H,8,9,10);1H2/t12-;;/m0../s1. The Hall–Kier alpha value is -4.12. The van der Waals surface area contributed by atoms with Crippen molar-refractivity contribution in [1.82, 2.24) is 29.8 Å². The molecule has 14 nitrogen and oxygen atoms in total. The van der Waals surface area contributed by atoms with Gasteiger partial charge >= 0.3 is 6.09 Å². The van der Waals surface area contributed by atoms with Crippen LogP contribution in [0.4, 0.5) is 10.6 Å². The van der Waals surface area contributed by atoms with Crippen LogP contribution >= 0.6 is 11.3 Å². The number of nitrogens with one attached hydrogen (secondary N) is 2. The van der Waals surface area contributed by atoms with Crippen LogP contribution in [0.15, 0.2) is 53.0 Å². The highest BCUT2D eigenvalue weighted by Gasteiger charge is 2.30. The number of rotatable bonds is 7. The van der Waals surface area contributed by atoms with Crippen molar-refractivity contribution in [3.05, 3.63) is 59.4 Å². The van der Waals surface area contributed by atoms with Gasteiger partial charge in [0.1, 0.15) is 16.3 Å². The third kappa shape index (κ3) is 8.07. The number of piperidine rings is 1. The Kier molecular flexibility index (Phi) is 10.2. The van der Waals surface area contributed by atoms with Crippen LogP contribution in [0.5, 0.6) is 0 Å². The van der Waals surface area contributed by atoms with E-state index in [1.54, 1.807) is 45.1 Å². The lowest BCUT2D eigenvalue weighted by molar-refractivity contribution is 0.0700. The maximum Gasteiger partial charge on any atom is 0.404 e. The summed E-state index contributed by atoms with van der Waals surface area (Å²) in [6, 6.07) is 7.85. The van der Waals surface area contributed by atoms with Gasteiger partial charge in [-0.05, 0) is 57.6 Å². The third-order valence-electron chi connectivity index (χ3n) is 7.45. The Morgan fingerprint density at radius 2 is 1.77 bits per heavy atom. The van der Waals surface area contributed by atoms with Gasteiger partial charge in [0.2, 0.25) is 0 Å². The van der Waals surface area contributed by atoms with Gasteiger partial charge in [0.15, 0.2) is 5.82 Å². The molecule has 44 heavy (non-hydrogen) atoms. The fourth-order valence-corrected chi connectivity index (χ4v) is 6.12. The summed E-state index contributed by atoms with van der Waals surface area (Å²) < 4.78 is 31.3.